The van der Waals surface area contributed by atoms with Crippen LogP contribution in [-0.4, -0.2) is 17.9 Å². The molecule has 0 aromatic carbocycles. The lowest BCUT2D eigenvalue weighted by molar-refractivity contribution is 0.900. The minimum atomic E-state index is -0.00390. The van der Waals surface area contributed by atoms with Crippen molar-refractivity contribution in [3.8, 4) is 0 Å². The van der Waals surface area contributed by atoms with E-state index in [1.807, 2.05) is 24.1 Å². The van der Waals surface area contributed by atoms with Crippen molar-refractivity contribution in [1.29, 1.82) is 5.41 Å². The summed E-state index contributed by atoms with van der Waals surface area (Å²) >= 11 is 1.68. The summed E-state index contributed by atoms with van der Waals surface area (Å²) in [6.45, 7) is 0.803. The summed E-state index contributed by atoms with van der Waals surface area (Å²) in [6.07, 6.45) is 0. The van der Waals surface area contributed by atoms with Crippen LogP contribution >= 0.6 is 11.3 Å². The zero-order valence-electron chi connectivity index (χ0n) is 9.55. The second kappa shape index (κ2) is 4.97. The maximum Gasteiger partial charge on any atom is 0.141 e. The van der Waals surface area contributed by atoms with Gasteiger partial charge >= 0.3 is 0 Å². The first-order valence-corrected chi connectivity index (χ1v) is 6.15. The number of anilines is 1. The SMILES string of the molecule is CN(Cc1ccsc1)c1cccc(C(=N)N)n1. The molecule has 0 radical (unpaired) electrons. The van der Waals surface area contributed by atoms with E-state index in [4.69, 9.17) is 11.1 Å². The molecule has 0 atom stereocenters. The van der Waals surface area contributed by atoms with Crippen LogP contribution in [0.15, 0.2) is 35.0 Å². The Kier molecular flexibility index (Phi) is 3.39. The second-order valence-corrected chi connectivity index (χ2v) is 4.56. The Morgan fingerprint density at radius 3 is 2.94 bits per heavy atom. The van der Waals surface area contributed by atoms with Gasteiger partial charge in [0.15, 0.2) is 0 Å². The molecule has 2 heterocycles. The van der Waals surface area contributed by atoms with Gasteiger partial charge in [-0.3, -0.25) is 5.41 Å². The van der Waals surface area contributed by atoms with E-state index in [0.717, 1.165) is 12.4 Å². The van der Waals surface area contributed by atoms with Gasteiger partial charge in [-0.2, -0.15) is 11.3 Å². The molecule has 0 unspecified atom stereocenters. The van der Waals surface area contributed by atoms with Crippen molar-refractivity contribution in [2.75, 3.05) is 11.9 Å². The summed E-state index contributed by atoms with van der Waals surface area (Å²) < 4.78 is 0. The molecule has 5 heteroatoms. The third-order valence-corrected chi connectivity index (χ3v) is 3.13. The monoisotopic (exact) mass is 246 g/mol. The van der Waals surface area contributed by atoms with Crippen molar-refractivity contribution in [3.05, 3.63) is 46.3 Å². The normalized spacial score (nSPS) is 10.2. The highest BCUT2D eigenvalue weighted by molar-refractivity contribution is 7.07. The van der Waals surface area contributed by atoms with Gasteiger partial charge in [-0.05, 0) is 34.5 Å². The van der Waals surface area contributed by atoms with Gasteiger partial charge in [-0.15, -0.1) is 0 Å². The van der Waals surface area contributed by atoms with Crippen LogP contribution in [0.1, 0.15) is 11.3 Å². The standard InChI is InChI=1S/C12H14N4S/c1-16(7-9-5-6-17-8-9)11-4-2-3-10(15-11)12(13)14/h2-6,8H,7H2,1H3,(H3,13,14). The molecule has 4 nitrogen and oxygen atoms in total. The fourth-order valence-electron chi connectivity index (χ4n) is 1.52. The highest BCUT2D eigenvalue weighted by Crippen LogP contribution is 2.14. The van der Waals surface area contributed by atoms with Crippen LogP contribution in [0.4, 0.5) is 5.82 Å². The number of rotatable bonds is 4. The quantitative estimate of drug-likeness (QED) is 0.641. The first-order chi connectivity index (χ1) is 8.16. The minimum Gasteiger partial charge on any atom is -0.382 e. The van der Waals surface area contributed by atoms with Gasteiger partial charge in [0.1, 0.15) is 17.3 Å². The molecule has 0 spiro atoms. The topological polar surface area (TPSA) is 66.0 Å². The third-order valence-electron chi connectivity index (χ3n) is 2.40. The molecule has 0 aliphatic rings. The number of hydrogen-bond acceptors (Lipinski definition) is 4. The second-order valence-electron chi connectivity index (χ2n) is 3.78. The van der Waals surface area contributed by atoms with Gasteiger partial charge in [-0.25, -0.2) is 4.98 Å². The van der Waals surface area contributed by atoms with Crippen LogP contribution in [-0.2, 0) is 6.54 Å². The van der Waals surface area contributed by atoms with E-state index in [-0.39, 0.29) is 5.84 Å². The minimum absolute atomic E-state index is 0.00390. The van der Waals surface area contributed by atoms with Crippen LogP contribution in [0.5, 0.6) is 0 Å². The Balaban J connectivity index is 2.16. The van der Waals surface area contributed by atoms with E-state index in [2.05, 4.69) is 21.8 Å². The van der Waals surface area contributed by atoms with Crippen LogP contribution < -0.4 is 10.6 Å². The molecule has 0 saturated heterocycles. The molecule has 2 aromatic rings. The Morgan fingerprint density at radius 1 is 1.47 bits per heavy atom. The van der Waals surface area contributed by atoms with Crippen LogP contribution in [0.3, 0.4) is 0 Å². The Bertz CT molecular complexity index is 507. The van der Waals surface area contributed by atoms with Crippen molar-refractivity contribution >= 4 is 23.0 Å². The number of pyridine rings is 1. The van der Waals surface area contributed by atoms with E-state index in [1.165, 1.54) is 5.56 Å². The van der Waals surface area contributed by atoms with E-state index >= 15 is 0 Å². The number of nitrogen functional groups attached to an aromatic ring is 1. The number of amidine groups is 1. The first kappa shape index (κ1) is 11.6. The number of thiophene rings is 1. The summed E-state index contributed by atoms with van der Waals surface area (Å²) in [5, 5.41) is 11.5. The first-order valence-electron chi connectivity index (χ1n) is 5.20. The molecule has 0 aliphatic heterocycles. The van der Waals surface area contributed by atoms with Gasteiger partial charge in [0.25, 0.3) is 0 Å². The molecule has 0 aliphatic carbocycles. The zero-order valence-corrected chi connectivity index (χ0v) is 10.4. The van der Waals surface area contributed by atoms with E-state index < -0.39 is 0 Å². The van der Waals surface area contributed by atoms with Gasteiger partial charge < -0.3 is 10.6 Å². The molecule has 88 valence electrons. The zero-order chi connectivity index (χ0) is 12.3. The molecule has 2 aromatic heterocycles. The average Bonchev–Trinajstić information content (AvgIpc) is 2.82. The predicted octanol–water partition coefficient (Wildman–Crippen LogP) is 2.06. The Morgan fingerprint density at radius 2 is 2.29 bits per heavy atom. The highest BCUT2D eigenvalue weighted by Gasteiger charge is 2.06. The molecular weight excluding hydrogens is 232 g/mol. The highest BCUT2D eigenvalue weighted by atomic mass is 32.1. The lowest BCUT2D eigenvalue weighted by Gasteiger charge is -2.17. The molecule has 0 amide bonds. The van der Waals surface area contributed by atoms with Crippen molar-refractivity contribution in [2.24, 2.45) is 5.73 Å². The lowest BCUT2D eigenvalue weighted by Crippen LogP contribution is -2.20. The fraction of sp³-hybridized carbons (Fsp3) is 0.167. The van der Waals surface area contributed by atoms with E-state index in [1.54, 1.807) is 17.4 Å². The molecule has 17 heavy (non-hydrogen) atoms. The maximum absolute atomic E-state index is 7.37. The smallest absolute Gasteiger partial charge is 0.141 e. The molecule has 0 bridgehead atoms. The van der Waals surface area contributed by atoms with Crippen molar-refractivity contribution < 1.29 is 0 Å². The number of nitrogens with two attached hydrogens (primary N) is 1. The van der Waals surface area contributed by atoms with Gasteiger partial charge in [-0.1, -0.05) is 6.07 Å². The van der Waals surface area contributed by atoms with Crippen LogP contribution in [0.2, 0.25) is 0 Å². The van der Waals surface area contributed by atoms with Crippen molar-refractivity contribution in [1.82, 2.24) is 4.98 Å². The van der Waals surface area contributed by atoms with Crippen LogP contribution in [0, 0.1) is 5.41 Å². The largest absolute Gasteiger partial charge is 0.382 e. The molecule has 0 fully saturated rings. The van der Waals surface area contributed by atoms with Crippen molar-refractivity contribution in [2.45, 2.75) is 6.54 Å². The molecule has 3 N–H and O–H groups in total. The van der Waals surface area contributed by atoms with E-state index in [9.17, 15) is 0 Å². The summed E-state index contributed by atoms with van der Waals surface area (Å²) in [6, 6.07) is 7.61. The van der Waals surface area contributed by atoms with Crippen LogP contribution in [0.25, 0.3) is 0 Å². The summed E-state index contributed by atoms with van der Waals surface area (Å²) in [7, 11) is 1.98. The molecule has 2 rings (SSSR count). The lowest BCUT2D eigenvalue weighted by atomic mass is 10.3. The number of hydrogen-bond donors (Lipinski definition) is 2. The Hall–Kier alpha value is -1.88. The Labute approximate surface area is 104 Å². The number of nitrogens with zero attached hydrogens (tertiary/aromatic N) is 2. The van der Waals surface area contributed by atoms with Gasteiger partial charge in [0, 0.05) is 13.6 Å². The number of aromatic nitrogens is 1. The summed E-state index contributed by atoms with van der Waals surface area (Å²) in [4.78, 5) is 6.37. The van der Waals surface area contributed by atoms with Crippen molar-refractivity contribution in [3.63, 3.8) is 0 Å². The maximum atomic E-state index is 7.37. The van der Waals surface area contributed by atoms with E-state index in [0.29, 0.717) is 5.69 Å². The summed E-state index contributed by atoms with van der Waals surface area (Å²) in [5.74, 6) is 0.819. The summed E-state index contributed by atoms with van der Waals surface area (Å²) in [5.41, 5.74) is 7.19. The predicted molar refractivity (Wildman–Crippen MR) is 71.7 cm³/mol. The number of nitrogens with one attached hydrogen (secondary N) is 1. The molecular formula is C12H14N4S. The fourth-order valence-corrected chi connectivity index (χ4v) is 2.18. The van der Waals surface area contributed by atoms with Gasteiger partial charge in [0.2, 0.25) is 0 Å². The molecule has 0 saturated carbocycles. The third kappa shape index (κ3) is 2.82. The van der Waals surface area contributed by atoms with Gasteiger partial charge in [0.05, 0.1) is 0 Å². The average molecular weight is 246 g/mol.